The van der Waals surface area contributed by atoms with Crippen molar-refractivity contribution < 1.29 is 0 Å². The highest BCUT2D eigenvalue weighted by Crippen LogP contribution is 2.80. The third kappa shape index (κ3) is 0.875. The van der Waals surface area contributed by atoms with E-state index in [-0.39, 0.29) is 0 Å². The number of hydrogen-bond donors (Lipinski definition) is 0. The standard InChI is InChI=1S/C15H24/c1-10-4-3-7-14(2)9-15(10)12-6-5-11(14)8-13(12)15/h10-13H,3-9H2,1-2H3/t10?,11?,12?,13-,14?,15?/m0/s1. The molecule has 84 valence electrons. The van der Waals surface area contributed by atoms with E-state index in [0.717, 1.165) is 22.7 Å². The van der Waals surface area contributed by atoms with Crippen LogP contribution in [0, 0.1) is 34.5 Å². The van der Waals surface area contributed by atoms with E-state index < -0.39 is 0 Å². The SMILES string of the molecule is CC1CCCC2(C)CC13C1CCC2C[C@@H]13. The molecule has 0 aliphatic heterocycles. The van der Waals surface area contributed by atoms with Crippen LogP contribution < -0.4 is 0 Å². The van der Waals surface area contributed by atoms with Crippen molar-refractivity contribution in [2.24, 2.45) is 34.5 Å². The van der Waals surface area contributed by atoms with Crippen molar-refractivity contribution in [2.75, 3.05) is 0 Å². The summed E-state index contributed by atoms with van der Waals surface area (Å²) in [5.74, 6) is 4.51. The second kappa shape index (κ2) is 2.46. The van der Waals surface area contributed by atoms with Gasteiger partial charge < -0.3 is 0 Å². The van der Waals surface area contributed by atoms with Gasteiger partial charge in [-0.05, 0) is 66.6 Å². The van der Waals surface area contributed by atoms with Crippen molar-refractivity contribution in [3.8, 4) is 0 Å². The first-order valence-corrected chi connectivity index (χ1v) is 7.17. The molecule has 4 rings (SSSR count). The van der Waals surface area contributed by atoms with Crippen LogP contribution >= 0.6 is 0 Å². The summed E-state index contributed by atoms with van der Waals surface area (Å²) in [6, 6.07) is 0. The van der Waals surface area contributed by atoms with Gasteiger partial charge in [0.05, 0.1) is 0 Å². The second-order valence-corrected chi connectivity index (χ2v) is 7.46. The molecular weight excluding hydrogens is 180 g/mol. The van der Waals surface area contributed by atoms with Crippen molar-refractivity contribution >= 4 is 0 Å². The maximum absolute atomic E-state index is 2.63. The zero-order chi connectivity index (χ0) is 10.3. The molecule has 4 aliphatic rings. The van der Waals surface area contributed by atoms with Gasteiger partial charge in [0, 0.05) is 0 Å². The molecule has 0 radical (unpaired) electrons. The highest BCUT2D eigenvalue weighted by atomic mass is 14.8. The topological polar surface area (TPSA) is 0 Å². The van der Waals surface area contributed by atoms with Crippen LogP contribution in [0.2, 0.25) is 0 Å². The molecule has 0 aromatic carbocycles. The smallest absolute Gasteiger partial charge is 0.0204 e. The fraction of sp³-hybridized carbons (Fsp3) is 1.00. The minimum atomic E-state index is 0.756. The predicted octanol–water partition coefficient (Wildman–Crippen LogP) is 4.25. The molecule has 4 fully saturated rings. The lowest BCUT2D eigenvalue weighted by Crippen LogP contribution is -2.35. The predicted molar refractivity (Wildman–Crippen MR) is 62.5 cm³/mol. The van der Waals surface area contributed by atoms with Crippen LogP contribution in [0.15, 0.2) is 0 Å². The van der Waals surface area contributed by atoms with Gasteiger partial charge in [0.2, 0.25) is 0 Å². The van der Waals surface area contributed by atoms with E-state index in [1.54, 1.807) is 32.1 Å². The lowest BCUT2D eigenvalue weighted by atomic mass is 9.61. The van der Waals surface area contributed by atoms with Gasteiger partial charge in [0.15, 0.2) is 0 Å². The van der Waals surface area contributed by atoms with E-state index in [1.165, 1.54) is 24.7 Å². The van der Waals surface area contributed by atoms with Crippen LogP contribution in [-0.2, 0) is 0 Å². The first-order chi connectivity index (χ1) is 7.17. The normalized spacial score (nSPS) is 66.0. The maximum Gasteiger partial charge on any atom is -0.0204 e. The van der Waals surface area contributed by atoms with E-state index in [1.807, 2.05) is 0 Å². The highest BCUT2D eigenvalue weighted by Gasteiger charge is 2.73. The van der Waals surface area contributed by atoms with E-state index in [4.69, 9.17) is 0 Å². The van der Waals surface area contributed by atoms with E-state index in [9.17, 15) is 0 Å². The molecule has 4 saturated carbocycles. The molecule has 15 heavy (non-hydrogen) atoms. The van der Waals surface area contributed by atoms with Gasteiger partial charge >= 0.3 is 0 Å². The lowest BCUT2D eigenvalue weighted by molar-refractivity contribution is 0.0584. The number of fused-ring (bicyclic) bond motifs is 3. The summed E-state index contributed by atoms with van der Waals surface area (Å²) in [6.45, 7) is 5.21. The molecule has 4 bridgehead atoms. The summed E-state index contributed by atoms with van der Waals surface area (Å²) >= 11 is 0. The molecule has 0 nitrogen and oxygen atoms in total. The van der Waals surface area contributed by atoms with E-state index >= 15 is 0 Å². The van der Waals surface area contributed by atoms with Crippen LogP contribution in [0.25, 0.3) is 0 Å². The first kappa shape index (κ1) is 9.07. The summed E-state index contributed by atoms with van der Waals surface area (Å²) in [4.78, 5) is 0. The fourth-order valence-electron chi connectivity index (χ4n) is 6.31. The molecule has 0 amide bonds. The Morgan fingerprint density at radius 2 is 1.93 bits per heavy atom. The Bertz CT molecular complexity index is 294. The molecule has 0 heterocycles. The van der Waals surface area contributed by atoms with Gasteiger partial charge in [0.1, 0.15) is 0 Å². The Morgan fingerprint density at radius 3 is 2.80 bits per heavy atom. The molecule has 0 heteroatoms. The first-order valence-electron chi connectivity index (χ1n) is 7.17. The summed E-state index contributed by atoms with van der Waals surface area (Å²) in [5, 5.41) is 0. The monoisotopic (exact) mass is 204 g/mol. The van der Waals surface area contributed by atoms with Crippen molar-refractivity contribution in [2.45, 2.75) is 58.8 Å². The molecule has 5 unspecified atom stereocenters. The van der Waals surface area contributed by atoms with Crippen LogP contribution in [-0.4, -0.2) is 0 Å². The average Bonchev–Trinajstić information content (AvgIpc) is 2.91. The summed E-state index contributed by atoms with van der Waals surface area (Å²) in [6.07, 6.45) is 11.0. The Hall–Kier alpha value is 0. The third-order valence-electron chi connectivity index (χ3n) is 7.12. The third-order valence-corrected chi connectivity index (χ3v) is 7.12. The fourth-order valence-corrected chi connectivity index (χ4v) is 6.31. The minimum absolute atomic E-state index is 0.756. The van der Waals surface area contributed by atoms with Crippen molar-refractivity contribution in [1.82, 2.24) is 0 Å². The molecule has 0 aromatic heterocycles. The Labute approximate surface area is 93.8 Å². The van der Waals surface area contributed by atoms with Gasteiger partial charge in [-0.1, -0.05) is 26.7 Å². The summed E-state index contributed by atoms with van der Waals surface area (Å²) < 4.78 is 0. The minimum Gasteiger partial charge on any atom is -0.0620 e. The van der Waals surface area contributed by atoms with Crippen LogP contribution in [0.5, 0.6) is 0 Å². The van der Waals surface area contributed by atoms with Crippen LogP contribution in [0.1, 0.15) is 58.8 Å². The average molecular weight is 204 g/mol. The van der Waals surface area contributed by atoms with Gasteiger partial charge in [-0.2, -0.15) is 0 Å². The van der Waals surface area contributed by atoms with Crippen LogP contribution in [0.3, 0.4) is 0 Å². The van der Waals surface area contributed by atoms with Gasteiger partial charge in [0.25, 0.3) is 0 Å². The second-order valence-electron chi connectivity index (χ2n) is 7.46. The van der Waals surface area contributed by atoms with E-state index in [2.05, 4.69) is 13.8 Å². The Balaban J connectivity index is 1.82. The van der Waals surface area contributed by atoms with Crippen molar-refractivity contribution in [3.05, 3.63) is 0 Å². The van der Waals surface area contributed by atoms with Crippen LogP contribution in [0.4, 0.5) is 0 Å². The summed E-state index contributed by atoms with van der Waals surface area (Å²) in [5.41, 5.74) is 1.62. The molecule has 0 N–H and O–H groups in total. The van der Waals surface area contributed by atoms with Gasteiger partial charge in [-0.25, -0.2) is 0 Å². The molecule has 0 saturated heterocycles. The quantitative estimate of drug-likeness (QED) is 0.553. The molecule has 1 spiro atoms. The van der Waals surface area contributed by atoms with Crippen molar-refractivity contribution in [1.29, 1.82) is 0 Å². The Morgan fingerprint density at radius 1 is 1.07 bits per heavy atom. The van der Waals surface area contributed by atoms with Gasteiger partial charge in [-0.3, -0.25) is 0 Å². The molecule has 0 aromatic rings. The lowest BCUT2D eigenvalue weighted by Gasteiger charge is -2.44. The Kier molecular flexibility index (Phi) is 1.49. The van der Waals surface area contributed by atoms with Gasteiger partial charge in [-0.15, -0.1) is 0 Å². The number of hydrogen-bond acceptors (Lipinski definition) is 0. The summed E-state index contributed by atoms with van der Waals surface area (Å²) in [7, 11) is 0. The van der Waals surface area contributed by atoms with Crippen molar-refractivity contribution in [3.63, 3.8) is 0 Å². The zero-order valence-corrected chi connectivity index (χ0v) is 10.3. The molecular formula is C15H24. The maximum atomic E-state index is 2.63. The number of rotatable bonds is 0. The molecule has 4 aliphatic carbocycles. The largest absolute Gasteiger partial charge is 0.0620 e. The van der Waals surface area contributed by atoms with E-state index in [0.29, 0.717) is 0 Å². The zero-order valence-electron chi connectivity index (χ0n) is 10.3. The molecule has 6 atom stereocenters. The highest BCUT2D eigenvalue weighted by molar-refractivity contribution is 5.21.